The Balaban J connectivity index is 1.31. The molecule has 3 heterocycles. The summed E-state index contributed by atoms with van der Waals surface area (Å²) in [5.74, 6) is 0.694. The molecule has 40 heavy (non-hydrogen) atoms. The van der Waals surface area contributed by atoms with Crippen molar-refractivity contribution in [1.82, 2.24) is 19.9 Å². The fourth-order valence-corrected chi connectivity index (χ4v) is 5.25. The quantitative estimate of drug-likeness (QED) is 0.220. The van der Waals surface area contributed by atoms with Crippen LogP contribution in [0.25, 0.3) is 67.0 Å². The molecule has 0 aliphatic carbocycles. The molecule has 4 nitrogen and oxygen atoms in total. The zero-order chi connectivity index (χ0) is 27.1. The van der Waals surface area contributed by atoms with Crippen LogP contribution >= 0.6 is 0 Å². The smallest absolute Gasteiger partial charge is 0.160 e. The van der Waals surface area contributed by atoms with E-state index in [4.69, 9.17) is 19.9 Å². The van der Waals surface area contributed by atoms with Crippen LogP contribution in [0.4, 0.5) is 0 Å². The standard InChI is InChI=1S/C36H26N4/c1-23-21-24(2)37-35-30(23)19-17-28-18-20-31(38-34(28)35)27-13-15-29(16-14-27)36-39-32(25-9-5-3-6-10-25)22-33(40-36)26-11-7-4-8-12-26/h3-22H,1-2H3. The molecule has 0 aliphatic heterocycles. The first kappa shape index (κ1) is 23.9. The lowest BCUT2D eigenvalue weighted by Crippen LogP contribution is -1.96. The second-order valence-electron chi connectivity index (χ2n) is 10.1. The van der Waals surface area contributed by atoms with Gasteiger partial charge in [0, 0.05) is 38.7 Å². The minimum Gasteiger partial charge on any atom is -0.251 e. The Morgan fingerprint density at radius 3 is 1.65 bits per heavy atom. The average molecular weight is 515 g/mol. The zero-order valence-electron chi connectivity index (χ0n) is 22.3. The van der Waals surface area contributed by atoms with E-state index in [1.807, 2.05) is 43.3 Å². The first-order chi connectivity index (χ1) is 19.6. The Morgan fingerprint density at radius 2 is 1.00 bits per heavy atom. The van der Waals surface area contributed by atoms with Crippen molar-refractivity contribution in [2.45, 2.75) is 13.8 Å². The fourth-order valence-electron chi connectivity index (χ4n) is 5.25. The van der Waals surface area contributed by atoms with Crippen LogP contribution in [-0.4, -0.2) is 19.9 Å². The molecule has 0 amide bonds. The van der Waals surface area contributed by atoms with Gasteiger partial charge in [0.1, 0.15) is 0 Å². The maximum absolute atomic E-state index is 5.07. The van der Waals surface area contributed by atoms with Crippen molar-refractivity contribution in [1.29, 1.82) is 0 Å². The third kappa shape index (κ3) is 4.40. The second-order valence-corrected chi connectivity index (χ2v) is 10.1. The molecule has 3 aromatic heterocycles. The van der Waals surface area contributed by atoms with Gasteiger partial charge in [-0.1, -0.05) is 103 Å². The van der Waals surface area contributed by atoms with Crippen LogP contribution in [0.1, 0.15) is 11.3 Å². The Morgan fingerprint density at radius 1 is 0.425 bits per heavy atom. The summed E-state index contributed by atoms with van der Waals surface area (Å²) in [6.07, 6.45) is 0. The molecule has 0 aliphatic rings. The highest BCUT2D eigenvalue weighted by atomic mass is 14.9. The maximum Gasteiger partial charge on any atom is 0.160 e. The van der Waals surface area contributed by atoms with Crippen LogP contribution in [-0.2, 0) is 0 Å². The first-order valence-corrected chi connectivity index (χ1v) is 13.4. The molecule has 4 heteroatoms. The summed E-state index contributed by atoms with van der Waals surface area (Å²) in [7, 11) is 0. The summed E-state index contributed by atoms with van der Waals surface area (Å²) in [5, 5.41) is 2.23. The average Bonchev–Trinajstić information content (AvgIpc) is 3.01. The third-order valence-electron chi connectivity index (χ3n) is 7.28. The maximum atomic E-state index is 5.07. The van der Waals surface area contributed by atoms with Gasteiger partial charge in [-0.2, -0.15) is 0 Å². The van der Waals surface area contributed by atoms with Gasteiger partial charge in [-0.15, -0.1) is 0 Å². The van der Waals surface area contributed by atoms with Gasteiger partial charge in [0.2, 0.25) is 0 Å². The number of hydrogen-bond acceptors (Lipinski definition) is 4. The van der Waals surface area contributed by atoms with Gasteiger partial charge in [0.15, 0.2) is 5.82 Å². The highest BCUT2D eigenvalue weighted by Crippen LogP contribution is 2.31. The molecule has 0 fully saturated rings. The summed E-state index contributed by atoms with van der Waals surface area (Å²) >= 11 is 0. The molecule has 0 unspecified atom stereocenters. The molecule has 4 aromatic carbocycles. The topological polar surface area (TPSA) is 51.6 Å². The van der Waals surface area contributed by atoms with Crippen LogP contribution in [0.15, 0.2) is 121 Å². The van der Waals surface area contributed by atoms with Crippen LogP contribution in [0, 0.1) is 13.8 Å². The molecular weight excluding hydrogens is 488 g/mol. The van der Waals surface area contributed by atoms with Crippen LogP contribution < -0.4 is 0 Å². The number of hydrogen-bond donors (Lipinski definition) is 0. The monoisotopic (exact) mass is 514 g/mol. The van der Waals surface area contributed by atoms with E-state index in [2.05, 4.69) is 91.9 Å². The predicted octanol–water partition coefficient (Wildman–Crippen LogP) is 8.86. The fraction of sp³-hybridized carbons (Fsp3) is 0.0556. The summed E-state index contributed by atoms with van der Waals surface area (Å²) in [6.45, 7) is 4.16. The third-order valence-corrected chi connectivity index (χ3v) is 7.28. The summed E-state index contributed by atoms with van der Waals surface area (Å²) in [5.41, 5.74) is 10.9. The number of fused-ring (bicyclic) bond motifs is 3. The Bertz CT molecular complexity index is 1940. The molecule has 0 N–H and O–H groups in total. The number of pyridine rings is 2. The van der Waals surface area contributed by atoms with Crippen molar-refractivity contribution in [3.8, 4) is 45.2 Å². The van der Waals surface area contributed by atoms with E-state index in [1.165, 1.54) is 5.56 Å². The van der Waals surface area contributed by atoms with Crippen LogP contribution in [0.5, 0.6) is 0 Å². The lowest BCUT2D eigenvalue weighted by atomic mass is 10.0. The lowest BCUT2D eigenvalue weighted by molar-refractivity contribution is 1.18. The van der Waals surface area contributed by atoms with E-state index in [0.717, 1.165) is 66.8 Å². The summed E-state index contributed by atoms with van der Waals surface area (Å²) < 4.78 is 0. The number of aromatic nitrogens is 4. The summed E-state index contributed by atoms with van der Waals surface area (Å²) in [4.78, 5) is 19.8. The summed E-state index contributed by atoms with van der Waals surface area (Å²) in [6, 6.07) is 41.5. The molecule has 0 saturated heterocycles. The van der Waals surface area contributed by atoms with E-state index in [1.54, 1.807) is 0 Å². The van der Waals surface area contributed by atoms with Gasteiger partial charge in [-0.3, -0.25) is 4.98 Å². The number of rotatable bonds is 4. The van der Waals surface area contributed by atoms with Gasteiger partial charge < -0.3 is 0 Å². The van der Waals surface area contributed by atoms with E-state index < -0.39 is 0 Å². The SMILES string of the molecule is Cc1cc(C)c2ccc3ccc(-c4ccc(-c5nc(-c6ccccc6)cc(-c6ccccc6)n5)cc4)nc3c2n1. The van der Waals surface area contributed by atoms with Crippen molar-refractivity contribution in [2.75, 3.05) is 0 Å². The predicted molar refractivity (Wildman–Crippen MR) is 164 cm³/mol. The molecule has 0 atom stereocenters. The van der Waals surface area contributed by atoms with Crippen LogP contribution in [0.2, 0.25) is 0 Å². The molecular formula is C36H26N4. The molecule has 0 saturated carbocycles. The minimum absolute atomic E-state index is 0.694. The largest absolute Gasteiger partial charge is 0.251 e. The Kier molecular flexibility index (Phi) is 5.86. The van der Waals surface area contributed by atoms with Crippen molar-refractivity contribution in [3.05, 3.63) is 133 Å². The highest BCUT2D eigenvalue weighted by molar-refractivity contribution is 6.04. The Hall–Kier alpha value is -5.22. The lowest BCUT2D eigenvalue weighted by Gasteiger charge is -2.10. The number of aryl methyl sites for hydroxylation is 2. The molecule has 7 rings (SSSR count). The highest BCUT2D eigenvalue weighted by Gasteiger charge is 2.12. The minimum atomic E-state index is 0.694. The molecule has 0 radical (unpaired) electrons. The Labute approximate surface area is 233 Å². The van der Waals surface area contributed by atoms with E-state index >= 15 is 0 Å². The van der Waals surface area contributed by atoms with Crippen molar-refractivity contribution in [3.63, 3.8) is 0 Å². The number of benzene rings is 4. The van der Waals surface area contributed by atoms with Crippen LogP contribution in [0.3, 0.4) is 0 Å². The van der Waals surface area contributed by atoms with Crippen molar-refractivity contribution >= 4 is 21.8 Å². The zero-order valence-corrected chi connectivity index (χ0v) is 22.3. The van der Waals surface area contributed by atoms with E-state index in [-0.39, 0.29) is 0 Å². The first-order valence-electron chi connectivity index (χ1n) is 13.4. The normalized spacial score (nSPS) is 11.2. The van der Waals surface area contributed by atoms with E-state index in [0.29, 0.717) is 5.82 Å². The van der Waals surface area contributed by atoms with Gasteiger partial charge in [-0.05, 0) is 37.6 Å². The van der Waals surface area contributed by atoms with Gasteiger partial charge in [0.25, 0.3) is 0 Å². The molecule has 190 valence electrons. The van der Waals surface area contributed by atoms with E-state index in [9.17, 15) is 0 Å². The van der Waals surface area contributed by atoms with Gasteiger partial charge in [-0.25, -0.2) is 15.0 Å². The second kappa shape index (κ2) is 9.83. The van der Waals surface area contributed by atoms with Crippen molar-refractivity contribution < 1.29 is 0 Å². The number of nitrogens with zero attached hydrogens (tertiary/aromatic N) is 4. The molecule has 7 aromatic rings. The molecule has 0 bridgehead atoms. The van der Waals surface area contributed by atoms with Crippen molar-refractivity contribution in [2.24, 2.45) is 0 Å². The molecule has 0 spiro atoms. The van der Waals surface area contributed by atoms with Gasteiger partial charge >= 0.3 is 0 Å². The van der Waals surface area contributed by atoms with Gasteiger partial charge in [0.05, 0.1) is 28.1 Å².